The van der Waals surface area contributed by atoms with E-state index >= 15 is 0 Å². The van der Waals surface area contributed by atoms with Crippen LogP contribution in [0.25, 0.3) is 0 Å². The summed E-state index contributed by atoms with van der Waals surface area (Å²) in [5.41, 5.74) is 5.34. The first kappa shape index (κ1) is 9.88. The van der Waals surface area contributed by atoms with E-state index in [-0.39, 0.29) is 0 Å². The molecule has 5 heteroatoms. The molecule has 0 saturated carbocycles. The summed E-state index contributed by atoms with van der Waals surface area (Å²) in [6, 6.07) is -0.928. The number of aliphatic hydroxyl groups is 3. The number of aliphatic hydroxyl groups excluding tert-OH is 3. The minimum atomic E-state index is -1.19. The van der Waals surface area contributed by atoms with Crippen LogP contribution < -0.4 is 5.73 Å². The Hall–Kier alpha value is -0.200. The molecule has 0 aliphatic carbocycles. The SMILES string of the molecule is CC[C@H]1O[C@H](O)[C@H](N)[C@H](O)[C@@H]1O. The summed E-state index contributed by atoms with van der Waals surface area (Å²) in [7, 11) is 0. The maximum Gasteiger partial charge on any atom is 0.172 e. The lowest BCUT2D eigenvalue weighted by molar-refractivity contribution is -0.242. The van der Waals surface area contributed by atoms with E-state index < -0.39 is 30.6 Å². The van der Waals surface area contributed by atoms with Gasteiger partial charge < -0.3 is 25.8 Å². The Morgan fingerprint density at radius 2 is 1.83 bits per heavy atom. The van der Waals surface area contributed by atoms with Crippen molar-refractivity contribution in [3.63, 3.8) is 0 Å². The summed E-state index contributed by atoms with van der Waals surface area (Å²) >= 11 is 0. The van der Waals surface area contributed by atoms with Crippen molar-refractivity contribution >= 4 is 0 Å². The zero-order valence-electron chi connectivity index (χ0n) is 6.92. The smallest absolute Gasteiger partial charge is 0.172 e. The largest absolute Gasteiger partial charge is 0.388 e. The van der Waals surface area contributed by atoms with Crippen LogP contribution in [0.3, 0.4) is 0 Å². The van der Waals surface area contributed by atoms with Crippen LogP contribution >= 0.6 is 0 Å². The molecule has 5 N–H and O–H groups in total. The van der Waals surface area contributed by atoms with Gasteiger partial charge in [-0.15, -0.1) is 0 Å². The molecule has 5 atom stereocenters. The topological polar surface area (TPSA) is 95.9 Å². The van der Waals surface area contributed by atoms with Crippen LogP contribution in [0.2, 0.25) is 0 Å². The highest BCUT2D eigenvalue weighted by Crippen LogP contribution is 2.20. The van der Waals surface area contributed by atoms with Crippen LogP contribution in [-0.2, 0) is 4.74 Å². The lowest BCUT2D eigenvalue weighted by atomic mass is 9.96. The van der Waals surface area contributed by atoms with Crippen molar-refractivity contribution in [2.24, 2.45) is 5.73 Å². The molecule has 1 heterocycles. The minimum absolute atomic E-state index is 0.530. The third-order valence-electron chi connectivity index (χ3n) is 2.17. The predicted molar refractivity (Wildman–Crippen MR) is 41.2 cm³/mol. The molecule has 72 valence electrons. The Morgan fingerprint density at radius 3 is 2.33 bits per heavy atom. The van der Waals surface area contributed by atoms with Gasteiger partial charge in [0.2, 0.25) is 0 Å². The van der Waals surface area contributed by atoms with Crippen LogP contribution in [0.5, 0.6) is 0 Å². The van der Waals surface area contributed by atoms with Gasteiger partial charge in [0, 0.05) is 0 Å². The highest BCUT2D eigenvalue weighted by Gasteiger charge is 2.40. The molecule has 1 aliphatic heterocycles. The molecule has 0 radical (unpaired) electrons. The summed E-state index contributed by atoms with van der Waals surface area (Å²) in [4.78, 5) is 0. The Bertz CT molecular complexity index is 150. The van der Waals surface area contributed by atoms with Crippen LogP contribution in [0.15, 0.2) is 0 Å². The maximum absolute atomic E-state index is 9.36. The van der Waals surface area contributed by atoms with Gasteiger partial charge in [0.1, 0.15) is 12.2 Å². The summed E-state index contributed by atoms with van der Waals surface area (Å²) in [5, 5.41) is 27.8. The van der Waals surface area contributed by atoms with E-state index in [1.165, 1.54) is 0 Å². The lowest BCUT2D eigenvalue weighted by Gasteiger charge is -2.38. The van der Waals surface area contributed by atoms with Crippen molar-refractivity contribution in [2.45, 2.75) is 44.0 Å². The molecule has 12 heavy (non-hydrogen) atoms. The molecule has 1 aliphatic rings. The van der Waals surface area contributed by atoms with Gasteiger partial charge in [-0.25, -0.2) is 0 Å². The Morgan fingerprint density at radius 1 is 1.25 bits per heavy atom. The molecule has 1 saturated heterocycles. The van der Waals surface area contributed by atoms with E-state index in [1.54, 1.807) is 6.92 Å². The molecule has 0 unspecified atom stereocenters. The van der Waals surface area contributed by atoms with E-state index in [0.29, 0.717) is 6.42 Å². The van der Waals surface area contributed by atoms with Gasteiger partial charge in [0.05, 0.1) is 12.1 Å². The van der Waals surface area contributed by atoms with Crippen LogP contribution in [0.1, 0.15) is 13.3 Å². The van der Waals surface area contributed by atoms with Gasteiger partial charge >= 0.3 is 0 Å². The normalized spacial score (nSPS) is 49.2. The van der Waals surface area contributed by atoms with E-state index in [1.807, 2.05) is 0 Å². The van der Waals surface area contributed by atoms with Gasteiger partial charge in [-0.3, -0.25) is 0 Å². The third kappa shape index (κ3) is 1.60. The molecule has 5 nitrogen and oxygen atoms in total. The quantitative estimate of drug-likeness (QED) is 0.377. The summed E-state index contributed by atoms with van der Waals surface area (Å²) in [5.74, 6) is 0. The predicted octanol–water partition coefficient (Wildman–Crippen LogP) is -1.84. The third-order valence-corrected chi connectivity index (χ3v) is 2.17. The molecular weight excluding hydrogens is 162 g/mol. The fourth-order valence-electron chi connectivity index (χ4n) is 1.30. The highest BCUT2D eigenvalue weighted by atomic mass is 16.6. The van der Waals surface area contributed by atoms with Crippen LogP contribution in [0, 0.1) is 0 Å². The first-order valence-electron chi connectivity index (χ1n) is 4.03. The minimum Gasteiger partial charge on any atom is -0.388 e. The molecule has 0 aromatic heterocycles. The van der Waals surface area contributed by atoms with E-state index in [2.05, 4.69) is 0 Å². The standard InChI is InChI=1S/C7H15NO4/c1-2-3-5(9)6(10)4(8)7(11)12-3/h3-7,9-11H,2,8H2,1H3/t3-,4-,5-,6+,7+/m1/s1. The second-order valence-electron chi connectivity index (χ2n) is 3.03. The number of nitrogens with two attached hydrogens (primary N) is 1. The monoisotopic (exact) mass is 177 g/mol. The van der Waals surface area contributed by atoms with Crippen molar-refractivity contribution in [1.29, 1.82) is 0 Å². The van der Waals surface area contributed by atoms with E-state index in [9.17, 15) is 10.2 Å². The van der Waals surface area contributed by atoms with Crippen LogP contribution in [-0.4, -0.2) is 46.0 Å². The Kier molecular flexibility index (Phi) is 3.03. The molecule has 0 amide bonds. The zero-order valence-corrected chi connectivity index (χ0v) is 6.92. The number of hydrogen-bond donors (Lipinski definition) is 4. The van der Waals surface area contributed by atoms with Crippen molar-refractivity contribution in [3.05, 3.63) is 0 Å². The van der Waals surface area contributed by atoms with Gasteiger partial charge in [-0.05, 0) is 6.42 Å². The fourth-order valence-corrected chi connectivity index (χ4v) is 1.30. The molecule has 0 spiro atoms. The molecule has 0 aromatic rings. The average molecular weight is 177 g/mol. The molecule has 0 aromatic carbocycles. The first-order valence-corrected chi connectivity index (χ1v) is 4.03. The van der Waals surface area contributed by atoms with Crippen molar-refractivity contribution in [3.8, 4) is 0 Å². The molecular formula is C7H15NO4. The van der Waals surface area contributed by atoms with E-state index in [4.69, 9.17) is 15.6 Å². The van der Waals surface area contributed by atoms with Crippen molar-refractivity contribution < 1.29 is 20.1 Å². The summed E-state index contributed by atoms with van der Waals surface area (Å²) in [6.07, 6.45) is -3.31. The van der Waals surface area contributed by atoms with Crippen LogP contribution in [0.4, 0.5) is 0 Å². The summed E-state index contributed by atoms with van der Waals surface area (Å²) in [6.45, 7) is 1.80. The van der Waals surface area contributed by atoms with Gasteiger partial charge in [-0.2, -0.15) is 0 Å². The lowest BCUT2D eigenvalue weighted by Crippen LogP contribution is -2.60. The summed E-state index contributed by atoms with van der Waals surface area (Å²) < 4.78 is 4.95. The Balaban J connectivity index is 2.63. The number of rotatable bonds is 1. The van der Waals surface area contributed by atoms with Gasteiger partial charge in [-0.1, -0.05) is 6.92 Å². The fraction of sp³-hybridized carbons (Fsp3) is 1.00. The number of hydrogen-bond acceptors (Lipinski definition) is 5. The zero-order chi connectivity index (χ0) is 9.30. The maximum atomic E-state index is 9.36. The van der Waals surface area contributed by atoms with Gasteiger partial charge in [0.15, 0.2) is 6.29 Å². The Labute approximate surface area is 70.8 Å². The van der Waals surface area contributed by atoms with E-state index in [0.717, 1.165) is 0 Å². The first-order chi connectivity index (χ1) is 5.57. The van der Waals surface area contributed by atoms with Crippen molar-refractivity contribution in [1.82, 2.24) is 0 Å². The average Bonchev–Trinajstić information content (AvgIpc) is 2.08. The second-order valence-corrected chi connectivity index (χ2v) is 3.03. The highest BCUT2D eigenvalue weighted by molar-refractivity contribution is 4.90. The molecule has 0 bridgehead atoms. The van der Waals surface area contributed by atoms with Gasteiger partial charge in [0.25, 0.3) is 0 Å². The molecule has 1 fully saturated rings. The number of ether oxygens (including phenoxy) is 1. The van der Waals surface area contributed by atoms with Crippen molar-refractivity contribution in [2.75, 3.05) is 0 Å². The molecule has 1 rings (SSSR count). The second kappa shape index (κ2) is 3.68.